The first-order chi connectivity index (χ1) is 44.6. The summed E-state index contributed by atoms with van der Waals surface area (Å²) in [4.78, 5) is 46.8. The lowest BCUT2D eigenvalue weighted by molar-refractivity contribution is -0.103. The Kier molecular flexibility index (Phi) is 21.1. The summed E-state index contributed by atoms with van der Waals surface area (Å²) in [5, 5.41) is 11.1. The van der Waals surface area contributed by atoms with Gasteiger partial charge < -0.3 is 33.8 Å². The van der Waals surface area contributed by atoms with Crippen LogP contribution in [0.5, 0.6) is 11.5 Å². The third-order valence-electron chi connectivity index (χ3n) is 16.6. The lowest BCUT2D eigenvalue weighted by Gasteiger charge is -2.45. The molecule has 2 aliphatic rings. The minimum atomic E-state index is -5.21. The minimum Gasteiger partial charge on any atom is -0.497 e. The van der Waals surface area contributed by atoms with Crippen molar-refractivity contribution in [2.24, 2.45) is 0 Å². The monoisotopic (exact) mass is 1320 g/mol. The van der Waals surface area contributed by atoms with Crippen molar-refractivity contribution in [3.63, 3.8) is 0 Å². The van der Waals surface area contributed by atoms with Gasteiger partial charge in [0.15, 0.2) is 0 Å². The lowest BCUT2D eigenvalue weighted by Crippen LogP contribution is -2.68. The van der Waals surface area contributed by atoms with Crippen LogP contribution >= 0.6 is 7.82 Å². The molecule has 2 aromatic heterocycles. The van der Waals surface area contributed by atoms with Gasteiger partial charge in [-0.2, -0.15) is 18.7 Å². The van der Waals surface area contributed by atoms with Gasteiger partial charge in [0.25, 0.3) is 24.0 Å². The molecule has 3 N–H and O–H groups in total. The molecule has 2 aliphatic heterocycles. The molecular weight excluding hydrogens is 1250 g/mol. The van der Waals surface area contributed by atoms with Gasteiger partial charge in [0.1, 0.15) is 59.8 Å². The summed E-state index contributed by atoms with van der Waals surface area (Å²) in [6.45, 7) is 8.11. The van der Waals surface area contributed by atoms with E-state index in [4.69, 9.17) is 51.6 Å². The number of nitrogens with two attached hydrogens (primary N) is 1. The van der Waals surface area contributed by atoms with Gasteiger partial charge in [-0.25, -0.2) is 14.2 Å². The van der Waals surface area contributed by atoms with Crippen LogP contribution in [0.25, 0.3) is 0 Å². The second kappa shape index (κ2) is 29.0. The number of hydrogen-bond acceptors (Lipinski definition) is 19. The van der Waals surface area contributed by atoms with Gasteiger partial charge in [-0.15, -0.1) is 0 Å². The number of nitriles is 1. The third kappa shape index (κ3) is 14.9. The standard InChI is InChI=1S/C68H75N6O16PSSi/c1-46-24-34-53(35-25-46)92(79,80)85-41-37-56(63-58(43-62(87-63)74-44-47(2)64(75)72-66(74)77)90-93(67(3,4)5,54-20-13-9-14-21-54)55-22-15-10-16-23-55)88-91(78,84-40-17-38-69)89-57-42-61(73-39-36-60(70)71-65(73)76)86-59(57)45-83-68(48-18-11-8-12-19-48,49-26-30-51(81-6)31-27-49)50-28-32-52(82-7)33-29-50/h8-16,18-36,39,44,56-59,61-63H,17,37,40-43,45H2,1-7H3,(H2,70,71,76)(H,72,75,77)/t56?,57-,58-,59+,61+,62+,63+,91?/m0/s1. The molecule has 4 heterocycles. The summed E-state index contributed by atoms with van der Waals surface area (Å²) >= 11 is 0. The summed E-state index contributed by atoms with van der Waals surface area (Å²) in [7, 11) is -10.2. The molecule has 0 spiro atoms. The molecule has 10 rings (SSSR count). The summed E-state index contributed by atoms with van der Waals surface area (Å²) in [6.07, 6.45) is -7.22. The molecule has 2 saturated heterocycles. The average molecular weight is 1320 g/mol. The minimum absolute atomic E-state index is 0.0480. The van der Waals surface area contributed by atoms with Crippen LogP contribution in [-0.4, -0.2) is 100 Å². The number of ether oxygens (including phenoxy) is 5. The molecule has 0 radical (unpaired) electrons. The van der Waals surface area contributed by atoms with Crippen molar-refractivity contribution >= 4 is 42.4 Å². The van der Waals surface area contributed by atoms with Crippen LogP contribution in [0.1, 0.15) is 86.7 Å². The van der Waals surface area contributed by atoms with E-state index in [1.54, 1.807) is 50.6 Å². The molecule has 93 heavy (non-hydrogen) atoms. The highest BCUT2D eigenvalue weighted by molar-refractivity contribution is 7.86. The maximum atomic E-state index is 16.5. The number of H-pyrrole nitrogens is 1. The first-order valence-corrected chi connectivity index (χ1v) is 35.1. The smallest absolute Gasteiger partial charge is 0.475 e. The fourth-order valence-corrected chi connectivity index (χ4v) is 19.2. The van der Waals surface area contributed by atoms with E-state index < -0.39 is 116 Å². The average Bonchev–Trinajstić information content (AvgIpc) is 1.68. The highest BCUT2D eigenvalue weighted by Crippen LogP contribution is 2.56. The van der Waals surface area contributed by atoms with Gasteiger partial charge in [-0.05, 0) is 88.4 Å². The number of aryl methyl sites for hydroxylation is 2. The highest BCUT2D eigenvalue weighted by Gasteiger charge is 2.56. The first kappa shape index (κ1) is 67.7. The van der Waals surface area contributed by atoms with Crippen molar-refractivity contribution in [2.45, 2.75) is 119 Å². The van der Waals surface area contributed by atoms with Crippen molar-refractivity contribution in [1.29, 1.82) is 5.26 Å². The first-order valence-electron chi connectivity index (χ1n) is 30.3. The van der Waals surface area contributed by atoms with E-state index in [1.165, 1.54) is 46.7 Å². The molecule has 25 heteroatoms. The quantitative estimate of drug-likeness (QED) is 0.0159. The van der Waals surface area contributed by atoms with E-state index in [-0.39, 0.29) is 42.1 Å². The van der Waals surface area contributed by atoms with Crippen molar-refractivity contribution in [3.8, 4) is 17.6 Å². The van der Waals surface area contributed by atoms with E-state index in [2.05, 4.69) is 30.7 Å². The number of methoxy groups -OCH3 is 2. The van der Waals surface area contributed by atoms with E-state index >= 15 is 4.57 Å². The number of phosphoric acid groups is 1. The Hall–Kier alpha value is -8.15. The van der Waals surface area contributed by atoms with E-state index in [0.29, 0.717) is 28.2 Å². The molecule has 6 aromatic carbocycles. The second-order valence-corrected chi connectivity index (χ2v) is 31.1. The normalized spacial score (nSPS) is 19.5. The molecule has 8 aromatic rings. The number of benzene rings is 6. The summed E-state index contributed by atoms with van der Waals surface area (Å²) in [5.74, 6) is 1.12. The van der Waals surface area contributed by atoms with E-state index in [0.717, 1.165) is 15.9 Å². The van der Waals surface area contributed by atoms with E-state index in [1.807, 2.05) is 128 Å². The van der Waals surface area contributed by atoms with Crippen molar-refractivity contribution in [3.05, 3.63) is 241 Å². The second-order valence-electron chi connectivity index (χ2n) is 23.7. The highest BCUT2D eigenvalue weighted by atomic mass is 32.2. The lowest BCUT2D eigenvalue weighted by atomic mass is 9.80. The van der Waals surface area contributed by atoms with Gasteiger partial charge in [-0.1, -0.05) is 154 Å². The summed E-state index contributed by atoms with van der Waals surface area (Å²) in [6, 6.07) is 53.1. The molecule has 0 bridgehead atoms. The molecule has 2 fully saturated rings. The number of aromatic nitrogens is 4. The largest absolute Gasteiger partial charge is 0.497 e. The number of hydrogen-bond donors (Lipinski definition) is 2. The zero-order valence-corrected chi connectivity index (χ0v) is 55.3. The van der Waals surface area contributed by atoms with Crippen LogP contribution in [0.3, 0.4) is 0 Å². The zero-order valence-electron chi connectivity index (χ0n) is 52.6. The molecule has 0 amide bonds. The Morgan fingerprint density at radius 2 is 1.30 bits per heavy atom. The maximum absolute atomic E-state index is 16.5. The topological polar surface area (TPSA) is 283 Å². The van der Waals surface area contributed by atoms with Crippen LogP contribution in [0.2, 0.25) is 5.04 Å². The Bertz CT molecular complexity index is 4140. The number of aromatic amines is 1. The van der Waals surface area contributed by atoms with Crippen molar-refractivity contribution < 1.29 is 58.8 Å². The van der Waals surface area contributed by atoms with Gasteiger partial charge in [0.2, 0.25) is 0 Å². The molecule has 8 atom stereocenters. The van der Waals surface area contributed by atoms with Gasteiger partial charge >= 0.3 is 19.2 Å². The fourth-order valence-electron chi connectivity index (χ4n) is 12.0. The van der Waals surface area contributed by atoms with Gasteiger partial charge in [0, 0.05) is 37.2 Å². The van der Waals surface area contributed by atoms with Crippen LogP contribution in [-0.2, 0) is 56.7 Å². The van der Waals surface area contributed by atoms with Gasteiger partial charge in [-0.3, -0.25) is 36.7 Å². The third-order valence-corrected chi connectivity index (χ3v) is 24.5. The molecule has 488 valence electrons. The Morgan fingerprint density at radius 3 is 1.86 bits per heavy atom. The number of nitrogens with one attached hydrogen (secondary N) is 1. The number of rotatable bonds is 27. The zero-order chi connectivity index (χ0) is 66.1. The van der Waals surface area contributed by atoms with Crippen LogP contribution < -0.4 is 42.5 Å². The Labute approximate surface area is 540 Å². The molecule has 0 aliphatic carbocycles. The fraction of sp³-hybridized carbons (Fsp3) is 0.338. The number of phosphoric ester groups is 1. The maximum Gasteiger partial charge on any atom is 0.475 e. The molecule has 22 nitrogen and oxygen atoms in total. The van der Waals surface area contributed by atoms with Crippen molar-refractivity contribution in [1.82, 2.24) is 19.1 Å². The Morgan fingerprint density at radius 1 is 0.742 bits per heavy atom. The predicted octanol–water partition coefficient (Wildman–Crippen LogP) is 9.14. The van der Waals surface area contributed by atoms with Crippen LogP contribution in [0, 0.1) is 25.2 Å². The molecule has 0 saturated carbocycles. The van der Waals surface area contributed by atoms with Crippen LogP contribution in [0.4, 0.5) is 5.82 Å². The molecular formula is C68H75N6O16PSSi. The number of nitrogens with zero attached hydrogens (tertiary/aromatic N) is 4. The SMILES string of the molecule is COc1ccc(C(OC[C@H]2O[C@@H](n3ccc(N)nc3=O)C[C@@H]2OP(=O)(OCCC#N)OC(CCOS(=O)(=O)c2ccc(C)cc2)[C@H]2O[C@@H](n3cc(C)c(=O)[nH]c3=O)C[C@@H]2O[Si](c2ccccc2)(c2ccccc2)C(C)(C)C)(c2ccccc2)c2ccc(OC)cc2)cc1. The Balaban J connectivity index is 1.11. The summed E-state index contributed by atoms with van der Waals surface area (Å²) < 4.78 is 113. The molecule has 2 unspecified atom stereocenters. The summed E-state index contributed by atoms with van der Waals surface area (Å²) in [5.41, 5.74) is 5.41. The van der Waals surface area contributed by atoms with Crippen molar-refractivity contribution in [2.75, 3.05) is 39.8 Å². The predicted molar refractivity (Wildman–Crippen MR) is 349 cm³/mol. The van der Waals surface area contributed by atoms with Gasteiger partial charge in [0.05, 0.1) is 57.5 Å². The van der Waals surface area contributed by atoms with Crippen LogP contribution in [0.15, 0.2) is 202 Å². The number of anilines is 1. The number of nitrogen functional groups attached to an aromatic ring is 1. The van der Waals surface area contributed by atoms with E-state index in [9.17, 15) is 28.1 Å².